The van der Waals surface area contributed by atoms with Crippen molar-refractivity contribution in [2.24, 2.45) is 0 Å². The van der Waals surface area contributed by atoms with E-state index in [4.69, 9.17) is 9.47 Å². The molecule has 0 saturated heterocycles. The van der Waals surface area contributed by atoms with Crippen molar-refractivity contribution in [3.8, 4) is 11.5 Å². The van der Waals surface area contributed by atoms with E-state index in [0.717, 1.165) is 10.0 Å². The lowest BCUT2D eigenvalue weighted by atomic mass is 10.1. The molecule has 6 nitrogen and oxygen atoms in total. The van der Waals surface area contributed by atoms with Crippen molar-refractivity contribution >= 4 is 39.1 Å². The van der Waals surface area contributed by atoms with Crippen molar-refractivity contribution in [2.45, 2.75) is 6.54 Å². The molecule has 0 bridgehead atoms. The quantitative estimate of drug-likeness (QED) is 0.267. The summed E-state index contributed by atoms with van der Waals surface area (Å²) in [6.07, 6.45) is 0. The number of nitrogens with zero attached hydrogens (tertiary/aromatic N) is 1. The minimum absolute atomic E-state index is 0.178. The van der Waals surface area contributed by atoms with Gasteiger partial charge in [0.05, 0.1) is 30.6 Å². The van der Waals surface area contributed by atoms with E-state index in [1.807, 2.05) is 54.6 Å². The molecule has 182 valence electrons. The fourth-order valence-corrected chi connectivity index (χ4v) is 3.92. The predicted octanol–water partition coefficient (Wildman–Crippen LogP) is 6.32. The van der Waals surface area contributed by atoms with E-state index in [-0.39, 0.29) is 25.0 Å². The Labute approximate surface area is 218 Å². The van der Waals surface area contributed by atoms with Crippen LogP contribution in [0.2, 0.25) is 0 Å². The second kappa shape index (κ2) is 12.0. The monoisotopic (exact) mass is 544 g/mol. The lowest BCUT2D eigenvalue weighted by molar-refractivity contribution is -0.120. The topological polar surface area (TPSA) is 67.9 Å². The largest absolute Gasteiger partial charge is 0.495 e. The van der Waals surface area contributed by atoms with Crippen LogP contribution in [0.1, 0.15) is 15.9 Å². The fourth-order valence-electron chi connectivity index (χ4n) is 3.66. The van der Waals surface area contributed by atoms with Gasteiger partial charge >= 0.3 is 0 Å². The number of benzene rings is 4. The maximum Gasteiger partial charge on any atom is 0.265 e. The molecule has 0 unspecified atom stereocenters. The number of carbonyl (C=O) groups is 2. The van der Waals surface area contributed by atoms with Gasteiger partial charge in [0.1, 0.15) is 11.5 Å². The number of para-hydroxylation sites is 4. The minimum Gasteiger partial charge on any atom is -0.495 e. The minimum atomic E-state index is -0.354. The highest BCUT2D eigenvalue weighted by molar-refractivity contribution is 9.10. The predicted molar refractivity (Wildman–Crippen MR) is 145 cm³/mol. The molecule has 0 aliphatic heterocycles. The Morgan fingerprint density at radius 2 is 1.50 bits per heavy atom. The first-order chi connectivity index (χ1) is 17.5. The molecule has 0 radical (unpaired) electrons. The van der Waals surface area contributed by atoms with Crippen LogP contribution in [0.15, 0.2) is 108 Å². The smallest absolute Gasteiger partial charge is 0.265 e. The highest BCUT2D eigenvalue weighted by Crippen LogP contribution is 2.28. The molecule has 0 heterocycles. The van der Waals surface area contributed by atoms with Crippen molar-refractivity contribution in [3.63, 3.8) is 0 Å². The molecular formula is C29H25BrN2O4. The highest BCUT2D eigenvalue weighted by Gasteiger charge is 2.23. The summed E-state index contributed by atoms with van der Waals surface area (Å²) in [7, 11) is 1.55. The van der Waals surface area contributed by atoms with Gasteiger partial charge in [0.25, 0.3) is 11.8 Å². The lowest BCUT2D eigenvalue weighted by Crippen LogP contribution is -2.36. The summed E-state index contributed by atoms with van der Waals surface area (Å²) in [5.74, 6) is 0.506. The van der Waals surface area contributed by atoms with E-state index in [1.165, 1.54) is 0 Å². The Morgan fingerprint density at radius 1 is 0.833 bits per heavy atom. The second-order valence-electron chi connectivity index (χ2n) is 7.88. The molecule has 1 N–H and O–H groups in total. The van der Waals surface area contributed by atoms with E-state index < -0.39 is 0 Å². The van der Waals surface area contributed by atoms with Gasteiger partial charge in [-0.25, -0.2) is 0 Å². The summed E-state index contributed by atoms with van der Waals surface area (Å²) in [6.45, 7) is 0.0895. The number of anilines is 2. The standard InChI is InChI=1S/C29H25BrN2O4/c1-35-27-14-8-6-12-25(27)31-29(34)24-11-5-7-13-26(24)32(19-21-15-17-22(30)18-16-21)28(33)20-36-23-9-3-2-4-10-23/h2-18H,19-20H2,1H3,(H,31,34). The maximum absolute atomic E-state index is 13.5. The summed E-state index contributed by atoms with van der Waals surface area (Å²) < 4.78 is 12.0. The van der Waals surface area contributed by atoms with Gasteiger partial charge < -0.3 is 19.7 Å². The molecule has 0 atom stereocenters. The van der Waals surface area contributed by atoms with Crippen molar-refractivity contribution in [3.05, 3.63) is 119 Å². The summed E-state index contributed by atoms with van der Waals surface area (Å²) in [5, 5.41) is 2.90. The molecule has 0 aliphatic carbocycles. The number of hydrogen-bond donors (Lipinski definition) is 1. The first-order valence-corrected chi connectivity index (χ1v) is 12.1. The Balaban J connectivity index is 1.64. The van der Waals surface area contributed by atoms with Gasteiger partial charge in [0.2, 0.25) is 0 Å². The van der Waals surface area contributed by atoms with E-state index in [1.54, 1.807) is 60.5 Å². The Morgan fingerprint density at radius 3 is 2.25 bits per heavy atom. The van der Waals surface area contributed by atoms with Crippen LogP contribution in [-0.2, 0) is 11.3 Å². The zero-order chi connectivity index (χ0) is 25.3. The Bertz CT molecular complexity index is 1330. The summed E-state index contributed by atoms with van der Waals surface area (Å²) in [5.41, 5.74) is 2.28. The number of amides is 2. The van der Waals surface area contributed by atoms with E-state index >= 15 is 0 Å². The van der Waals surface area contributed by atoms with Crippen LogP contribution in [0.5, 0.6) is 11.5 Å². The zero-order valence-corrected chi connectivity index (χ0v) is 21.3. The second-order valence-corrected chi connectivity index (χ2v) is 8.80. The van der Waals surface area contributed by atoms with Crippen LogP contribution >= 0.6 is 15.9 Å². The average Bonchev–Trinajstić information content (AvgIpc) is 2.92. The number of carbonyl (C=O) groups excluding carboxylic acids is 2. The van der Waals surface area contributed by atoms with Crippen LogP contribution in [0.25, 0.3) is 0 Å². The van der Waals surface area contributed by atoms with Gasteiger partial charge in [-0.1, -0.05) is 70.5 Å². The van der Waals surface area contributed by atoms with Crippen LogP contribution in [0, 0.1) is 0 Å². The molecule has 4 aromatic rings. The van der Waals surface area contributed by atoms with Crippen molar-refractivity contribution in [1.29, 1.82) is 0 Å². The molecule has 4 rings (SSSR count). The fraction of sp³-hybridized carbons (Fsp3) is 0.103. The van der Waals surface area contributed by atoms with Crippen LogP contribution in [0.4, 0.5) is 11.4 Å². The molecule has 0 spiro atoms. The molecule has 0 aliphatic rings. The molecular weight excluding hydrogens is 520 g/mol. The van der Waals surface area contributed by atoms with Crippen molar-refractivity contribution < 1.29 is 19.1 Å². The summed E-state index contributed by atoms with van der Waals surface area (Å²) in [6, 6.07) is 31.0. The van der Waals surface area contributed by atoms with Gasteiger partial charge in [-0.15, -0.1) is 0 Å². The molecule has 36 heavy (non-hydrogen) atoms. The summed E-state index contributed by atoms with van der Waals surface area (Å²) >= 11 is 3.45. The molecule has 7 heteroatoms. The van der Waals surface area contributed by atoms with Crippen LogP contribution in [-0.4, -0.2) is 25.5 Å². The number of nitrogens with one attached hydrogen (secondary N) is 1. The first-order valence-electron chi connectivity index (χ1n) is 11.3. The summed E-state index contributed by atoms with van der Waals surface area (Å²) in [4.78, 5) is 28.4. The van der Waals surface area contributed by atoms with Crippen molar-refractivity contribution in [1.82, 2.24) is 0 Å². The van der Waals surface area contributed by atoms with Crippen LogP contribution < -0.4 is 19.7 Å². The average molecular weight is 545 g/mol. The molecule has 0 saturated carbocycles. The molecule has 0 aromatic heterocycles. The Kier molecular flexibility index (Phi) is 8.36. The number of ether oxygens (including phenoxy) is 2. The Hall–Kier alpha value is -4.10. The van der Waals surface area contributed by atoms with Gasteiger partial charge in [-0.3, -0.25) is 9.59 Å². The third-order valence-electron chi connectivity index (χ3n) is 5.46. The third-order valence-corrected chi connectivity index (χ3v) is 5.98. The number of rotatable bonds is 9. The van der Waals surface area contributed by atoms with Crippen LogP contribution in [0.3, 0.4) is 0 Å². The highest BCUT2D eigenvalue weighted by atomic mass is 79.9. The van der Waals surface area contributed by atoms with Gasteiger partial charge in [0, 0.05) is 4.47 Å². The molecule has 2 amide bonds. The third kappa shape index (κ3) is 6.31. The SMILES string of the molecule is COc1ccccc1NC(=O)c1ccccc1N(Cc1ccc(Br)cc1)C(=O)COc1ccccc1. The normalized spacial score (nSPS) is 10.4. The molecule has 4 aromatic carbocycles. The van der Waals surface area contributed by atoms with Gasteiger partial charge in [0.15, 0.2) is 6.61 Å². The van der Waals surface area contributed by atoms with E-state index in [2.05, 4.69) is 21.2 Å². The van der Waals surface area contributed by atoms with Gasteiger partial charge in [-0.2, -0.15) is 0 Å². The maximum atomic E-state index is 13.5. The van der Waals surface area contributed by atoms with Crippen molar-refractivity contribution in [2.75, 3.05) is 23.9 Å². The number of halogens is 1. The van der Waals surface area contributed by atoms with E-state index in [0.29, 0.717) is 28.4 Å². The zero-order valence-electron chi connectivity index (χ0n) is 19.7. The number of hydrogen-bond acceptors (Lipinski definition) is 4. The number of methoxy groups -OCH3 is 1. The lowest BCUT2D eigenvalue weighted by Gasteiger charge is -2.25. The van der Waals surface area contributed by atoms with E-state index in [9.17, 15) is 9.59 Å². The van der Waals surface area contributed by atoms with Gasteiger partial charge in [-0.05, 0) is 54.1 Å². The first kappa shape index (κ1) is 25.0. The molecule has 0 fully saturated rings.